The lowest BCUT2D eigenvalue weighted by Crippen LogP contribution is -2.33. The van der Waals surface area contributed by atoms with Crippen molar-refractivity contribution < 1.29 is 28.5 Å². The standard InChI is InChI=1S/C28H31N5O6/c1-2-36-28(35)33-9-8-18(13-33)11-30-26(34)21-12-29-25-23(21)31-16-32-24(25)22-15-38-27(39-22)19-4-3-5-20(10-19)37-14-17-6-7-17/h3-5,10,12,15-18,27,29H,2,6-9,11,13-14H2,1H3,(H,30,34). The van der Waals surface area contributed by atoms with E-state index in [0.29, 0.717) is 60.2 Å². The molecule has 2 aliphatic heterocycles. The number of aromatic nitrogens is 3. The summed E-state index contributed by atoms with van der Waals surface area (Å²) in [5, 5.41) is 2.97. The summed E-state index contributed by atoms with van der Waals surface area (Å²) < 4.78 is 22.9. The first-order valence-electron chi connectivity index (χ1n) is 13.4. The highest BCUT2D eigenvalue weighted by Gasteiger charge is 2.29. The van der Waals surface area contributed by atoms with Gasteiger partial charge in [-0.2, -0.15) is 0 Å². The predicted octanol–water partition coefficient (Wildman–Crippen LogP) is 4.00. The van der Waals surface area contributed by atoms with Crippen LogP contribution < -0.4 is 10.1 Å². The van der Waals surface area contributed by atoms with Gasteiger partial charge in [-0.3, -0.25) is 4.79 Å². The summed E-state index contributed by atoms with van der Waals surface area (Å²) in [6.45, 7) is 4.49. The van der Waals surface area contributed by atoms with Gasteiger partial charge in [0.2, 0.25) is 0 Å². The third-order valence-corrected chi connectivity index (χ3v) is 7.15. The highest BCUT2D eigenvalue weighted by Crippen LogP contribution is 2.36. The van der Waals surface area contributed by atoms with Gasteiger partial charge < -0.3 is 34.1 Å². The van der Waals surface area contributed by atoms with Crippen LogP contribution in [0.4, 0.5) is 4.79 Å². The van der Waals surface area contributed by atoms with E-state index in [-0.39, 0.29) is 17.9 Å². The quantitative estimate of drug-likeness (QED) is 0.423. The van der Waals surface area contributed by atoms with Gasteiger partial charge in [0.05, 0.1) is 24.3 Å². The van der Waals surface area contributed by atoms with Gasteiger partial charge in [0.15, 0.2) is 5.76 Å². The molecule has 4 heterocycles. The van der Waals surface area contributed by atoms with E-state index in [2.05, 4.69) is 20.3 Å². The Balaban J connectivity index is 1.09. The second-order valence-corrected chi connectivity index (χ2v) is 10.1. The second-order valence-electron chi connectivity index (χ2n) is 10.1. The predicted molar refractivity (Wildman–Crippen MR) is 140 cm³/mol. The monoisotopic (exact) mass is 533 g/mol. The number of ether oxygens (including phenoxy) is 4. The molecule has 0 bridgehead atoms. The minimum Gasteiger partial charge on any atom is -0.493 e. The molecule has 204 valence electrons. The molecule has 11 heteroatoms. The van der Waals surface area contributed by atoms with Gasteiger partial charge in [0.25, 0.3) is 12.2 Å². The summed E-state index contributed by atoms with van der Waals surface area (Å²) in [6.07, 6.45) is 6.87. The molecule has 3 aromatic rings. The zero-order valence-electron chi connectivity index (χ0n) is 21.7. The molecule has 1 aliphatic carbocycles. The summed E-state index contributed by atoms with van der Waals surface area (Å²) in [4.78, 5) is 38.5. The third-order valence-electron chi connectivity index (χ3n) is 7.15. The number of amides is 2. The van der Waals surface area contributed by atoms with Gasteiger partial charge in [0.1, 0.15) is 29.5 Å². The van der Waals surface area contributed by atoms with E-state index in [4.69, 9.17) is 18.9 Å². The molecule has 6 rings (SSSR count). The number of benzene rings is 1. The summed E-state index contributed by atoms with van der Waals surface area (Å²) in [5.41, 5.74) is 2.81. The fourth-order valence-electron chi connectivity index (χ4n) is 4.81. The Morgan fingerprint density at radius 2 is 2.10 bits per heavy atom. The fourth-order valence-corrected chi connectivity index (χ4v) is 4.81. The van der Waals surface area contributed by atoms with Gasteiger partial charge in [-0.25, -0.2) is 14.8 Å². The van der Waals surface area contributed by atoms with Gasteiger partial charge in [-0.1, -0.05) is 12.1 Å². The molecule has 0 radical (unpaired) electrons. The lowest BCUT2D eigenvalue weighted by atomic mass is 10.1. The van der Waals surface area contributed by atoms with Crippen molar-refractivity contribution in [3.63, 3.8) is 0 Å². The molecule has 2 unspecified atom stereocenters. The topological polar surface area (TPSA) is 128 Å². The lowest BCUT2D eigenvalue weighted by molar-refractivity contribution is -0.0173. The number of nitrogens with zero attached hydrogens (tertiary/aromatic N) is 3. The Morgan fingerprint density at radius 3 is 2.95 bits per heavy atom. The highest BCUT2D eigenvalue weighted by molar-refractivity contribution is 6.06. The molecule has 39 heavy (non-hydrogen) atoms. The first-order valence-corrected chi connectivity index (χ1v) is 13.4. The third kappa shape index (κ3) is 5.47. The van der Waals surface area contributed by atoms with Gasteiger partial charge in [-0.05, 0) is 50.2 Å². The molecule has 2 atom stereocenters. The van der Waals surface area contributed by atoms with Crippen molar-refractivity contribution in [3.05, 3.63) is 59.9 Å². The van der Waals surface area contributed by atoms with E-state index >= 15 is 0 Å². The number of hydrogen-bond acceptors (Lipinski definition) is 8. The number of likely N-dealkylation sites (tertiary alicyclic amines) is 1. The number of H-pyrrole nitrogens is 1. The van der Waals surface area contributed by atoms with Gasteiger partial charge in [-0.15, -0.1) is 0 Å². The molecule has 11 nitrogen and oxygen atoms in total. The average Bonchev–Trinajstić information content (AvgIpc) is 3.33. The Morgan fingerprint density at radius 1 is 1.21 bits per heavy atom. The van der Waals surface area contributed by atoms with Crippen LogP contribution in [0.3, 0.4) is 0 Å². The molecule has 2 aromatic heterocycles. The van der Waals surface area contributed by atoms with E-state index in [0.717, 1.165) is 24.3 Å². The molecule has 3 aliphatic rings. The minimum atomic E-state index is -0.632. The van der Waals surface area contributed by atoms with Gasteiger partial charge in [0, 0.05) is 31.4 Å². The van der Waals surface area contributed by atoms with Crippen molar-refractivity contribution in [3.8, 4) is 5.75 Å². The normalized spacial score (nSPS) is 20.3. The van der Waals surface area contributed by atoms with Gasteiger partial charge >= 0.3 is 6.09 Å². The van der Waals surface area contributed by atoms with Crippen LogP contribution in [0.25, 0.3) is 16.8 Å². The molecule has 0 spiro atoms. The van der Waals surface area contributed by atoms with Crippen LogP contribution in [-0.4, -0.2) is 64.7 Å². The number of rotatable bonds is 9. The Bertz CT molecular complexity index is 1400. The Labute approximate surface area is 225 Å². The summed E-state index contributed by atoms with van der Waals surface area (Å²) >= 11 is 0. The molecule has 2 fully saturated rings. The van der Waals surface area contributed by atoms with Crippen LogP contribution >= 0.6 is 0 Å². The smallest absolute Gasteiger partial charge is 0.409 e. The summed E-state index contributed by atoms with van der Waals surface area (Å²) in [6, 6.07) is 7.69. The lowest BCUT2D eigenvalue weighted by Gasteiger charge is -2.15. The SMILES string of the molecule is CCOC(=O)N1CCC(CNC(=O)c2c[nH]c3c(C4=COC(c5cccc(OCC6CC6)c5)O4)ncnc23)C1. The largest absolute Gasteiger partial charge is 0.493 e. The summed E-state index contributed by atoms with van der Waals surface area (Å²) in [7, 11) is 0. The molecule has 1 saturated carbocycles. The van der Waals surface area contributed by atoms with Crippen molar-refractivity contribution in [1.82, 2.24) is 25.2 Å². The number of aromatic amines is 1. The maximum atomic E-state index is 13.0. The van der Waals surface area contributed by atoms with Crippen LogP contribution in [0.15, 0.2) is 43.1 Å². The van der Waals surface area contributed by atoms with Crippen LogP contribution in [0.5, 0.6) is 5.75 Å². The Hall–Kier alpha value is -4.28. The van der Waals surface area contributed by atoms with Crippen molar-refractivity contribution in [1.29, 1.82) is 0 Å². The second kappa shape index (κ2) is 10.8. The highest BCUT2D eigenvalue weighted by atomic mass is 16.7. The minimum absolute atomic E-state index is 0.164. The number of nitrogens with one attached hydrogen (secondary N) is 2. The maximum absolute atomic E-state index is 13.0. The van der Waals surface area contributed by atoms with Crippen LogP contribution in [0.1, 0.15) is 54.1 Å². The number of carbonyl (C=O) groups excluding carboxylic acids is 2. The summed E-state index contributed by atoms with van der Waals surface area (Å²) in [5.74, 6) is 1.81. The Kier molecular flexibility index (Phi) is 6.95. The molecule has 2 N–H and O–H groups in total. The zero-order chi connectivity index (χ0) is 26.8. The maximum Gasteiger partial charge on any atom is 0.409 e. The van der Waals surface area contributed by atoms with Crippen molar-refractivity contribution in [2.24, 2.45) is 11.8 Å². The zero-order valence-corrected chi connectivity index (χ0v) is 21.7. The molecular formula is C28H31N5O6. The van der Waals surface area contributed by atoms with E-state index in [1.165, 1.54) is 25.4 Å². The van der Waals surface area contributed by atoms with Crippen molar-refractivity contribution >= 4 is 28.8 Å². The first-order chi connectivity index (χ1) is 19.1. The number of hydrogen-bond donors (Lipinski definition) is 2. The average molecular weight is 534 g/mol. The molecule has 1 aromatic carbocycles. The van der Waals surface area contributed by atoms with E-state index in [1.807, 2.05) is 24.3 Å². The fraction of sp³-hybridized carbons (Fsp3) is 0.429. The molecule has 2 amide bonds. The number of fused-ring (bicyclic) bond motifs is 1. The van der Waals surface area contributed by atoms with Crippen molar-refractivity contribution in [2.45, 2.75) is 32.5 Å². The van der Waals surface area contributed by atoms with E-state index in [1.54, 1.807) is 18.0 Å². The number of carbonyl (C=O) groups is 2. The van der Waals surface area contributed by atoms with Crippen molar-refractivity contribution in [2.75, 3.05) is 32.8 Å². The molecular weight excluding hydrogens is 502 g/mol. The molecule has 1 saturated heterocycles. The van der Waals surface area contributed by atoms with E-state index in [9.17, 15) is 9.59 Å². The van der Waals surface area contributed by atoms with E-state index < -0.39 is 6.29 Å². The first kappa shape index (κ1) is 25.0. The van der Waals surface area contributed by atoms with Crippen LogP contribution in [0, 0.1) is 11.8 Å². The van der Waals surface area contributed by atoms with Crippen LogP contribution in [0.2, 0.25) is 0 Å². The van der Waals surface area contributed by atoms with Crippen LogP contribution in [-0.2, 0) is 14.2 Å².